The van der Waals surface area contributed by atoms with Gasteiger partial charge in [-0.05, 0) is 49.2 Å². The summed E-state index contributed by atoms with van der Waals surface area (Å²) in [6, 6.07) is 9.41. The van der Waals surface area contributed by atoms with Gasteiger partial charge in [0, 0.05) is 6.54 Å². The molecular formula is C19H19F2NO5S. The lowest BCUT2D eigenvalue weighted by atomic mass is 10.2. The minimum atomic E-state index is -4.15. The number of carbonyl (C=O) groups excluding carboxylic acids is 1. The molecule has 1 saturated heterocycles. The smallest absolute Gasteiger partial charge is 0.324 e. The van der Waals surface area contributed by atoms with E-state index in [1.165, 1.54) is 42.5 Å². The molecule has 0 spiro atoms. The molecule has 6 nitrogen and oxygen atoms in total. The van der Waals surface area contributed by atoms with Crippen LogP contribution in [0.2, 0.25) is 0 Å². The molecule has 150 valence electrons. The third-order valence-corrected chi connectivity index (χ3v) is 6.25. The van der Waals surface area contributed by atoms with Crippen molar-refractivity contribution in [3.05, 3.63) is 60.2 Å². The second-order valence-electron chi connectivity index (χ2n) is 6.17. The summed E-state index contributed by atoms with van der Waals surface area (Å²) in [4.78, 5) is 11.9. The molecular weight excluding hydrogens is 392 g/mol. The predicted molar refractivity (Wildman–Crippen MR) is 96.2 cm³/mol. The quantitative estimate of drug-likeness (QED) is 0.518. The summed E-state index contributed by atoms with van der Waals surface area (Å²) in [5.74, 6) is -1.55. The van der Waals surface area contributed by atoms with Gasteiger partial charge in [0.2, 0.25) is 10.0 Å². The summed E-state index contributed by atoms with van der Waals surface area (Å²) >= 11 is 0. The fraction of sp³-hybridized carbons (Fsp3) is 0.316. The molecule has 0 aromatic heterocycles. The lowest BCUT2D eigenvalue weighted by molar-refractivity contribution is -0.148. The van der Waals surface area contributed by atoms with Gasteiger partial charge >= 0.3 is 5.97 Å². The molecule has 0 amide bonds. The summed E-state index contributed by atoms with van der Waals surface area (Å²) in [6.07, 6.45) is 0.769. The Hall–Kier alpha value is -2.52. The van der Waals surface area contributed by atoms with Crippen molar-refractivity contribution in [3.63, 3.8) is 0 Å². The fourth-order valence-electron chi connectivity index (χ4n) is 2.97. The summed E-state index contributed by atoms with van der Waals surface area (Å²) in [7, 11) is -4.15. The first-order valence-corrected chi connectivity index (χ1v) is 10.1. The van der Waals surface area contributed by atoms with Crippen LogP contribution in [0, 0.1) is 11.6 Å². The second kappa shape index (κ2) is 8.66. The highest BCUT2D eigenvalue weighted by molar-refractivity contribution is 7.89. The molecule has 0 unspecified atom stereocenters. The molecule has 1 atom stereocenters. The third-order valence-electron chi connectivity index (χ3n) is 4.31. The average molecular weight is 411 g/mol. The van der Waals surface area contributed by atoms with Gasteiger partial charge in [-0.2, -0.15) is 4.31 Å². The predicted octanol–water partition coefficient (Wildman–Crippen LogP) is 2.74. The van der Waals surface area contributed by atoms with Crippen molar-refractivity contribution in [3.8, 4) is 5.75 Å². The summed E-state index contributed by atoms with van der Waals surface area (Å²) in [5, 5.41) is 0. The zero-order chi connectivity index (χ0) is 20.1. The molecule has 0 saturated carbocycles. The number of rotatable bonds is 7. The molecule has 0 N–H and O–H groups in total. The van der Waals surface area contributed by atoms with Crippen LogP contribution in [0.25, 0.3) is 0 Å². The molecule has 2 aromatic rings. The van der Waals surface area contributed by atoms with Crippen molar-refractivity contribution < 1.29 is 31.5 Å². The van der Waals surface area contributed by atoms with E-state index in [1.54, 1.807) is 0 Å². The number of esters is 1. The van der Waals surface area contributed by atoms with E-state index in [2.05, 4.69) is 0 Å². The largest absolute Gasteiger partial charge is 0.490 e. The highest BCUT2D eigenvalue weighted by Crippen LogP contribution is 2.28. The molecule has 1 heterocycles. The molecule has 1 aliphatic heterocycles. The molecule has 1 fully saturated rings. The van der Waals surface area contributed by atoms with E-state index in [0.717, 1.165) is 10.4 Å². The van der Waals surface area contributed by atoms with Gasteiger partial charge in [-0.1, -0.05) is 12.1 Å². The number of carbonyl (C=O) groups is 1. The number of hydrogen-bond acceptors (Lipinski definition) is 5. The zero-order valence-electron chi connectivity index (χ0n) is 14.9. The Bertz CT molecular complexity index is 934. The van der Waals surface area contributed by atoms with E-state index < -0.39 is 38.6 Å². The summed E-state index contributed by atoms with van der Waals surface area (Å²) in [5.41, 5.74) is 0. The van der Waals surface area contributed by atoms with Crippen LogP contribution in [0.15, 0.2) is 53.4 Å². The van der Waals surface area contributed by atoms with Gasteiger partial charge in [-0.15, -0.1) is 0 Å². The first-order chi connectivity index (χ1) is 13.4. The zero-order valence-corrected chi connectivity index (χ0v) is 15.7. The van der Waals surface area contributed by atoms with Crippen LogP contribution in [0.5, 0.6) is 5.75 Å². The third kappa shape index (κ3) is 4.48. The van der Waals surface area contributed by atoms with Crippen LogP contribution in [0.3, 0.4) is 0 Å². The first-order valence-electron chi connectivity index (χ1n) is 8.71. The van der Waals surface area contributed by atoms with Crippen molar-refractivity contribution in [1.29, 1.82) is 0 Å². The van der Waals surface area contributed by atoms with E-state index in [9.17, 15) is 22.0 Å². The number of halogens is 2. The molecule has 0 aliphatic carbocycles. The Morgan fingerprint density at radius 2 is 1.79 bits per heavy atom. The van der Waals surface area contributed by atoms with Gasteiger partial charge in [-0.25, -0.2) is 17.2 Å². The molecule has 1 aliphatic rings. The standard InChI is InChI=1S/C19H19F2NO5S/c20-14-7-9-15(10-8-14)26-12-13-27-19(23)17-5-3-11-22(17)28(24,25)18-6-2-1-4-16(18)21/h1-2,4,6-10,17H,3,5,11-13H2/t17-/m0/s1. The maximum Gasteiger partial charge on any atom is 0.324 e. The molecule has 28 heavy (non-hydrogen) atoms. The summed E-state index contributed by atoms with van der Waals surface area (Å²) in [6.45, 7) is 0.0486. The van der Waals surface area contributed by atoms with Gasteiger partial charge in [0.25, 0.3) is 0 Å². The number of benzene rings is 2. The maximum atomic E-state index is 13.9. The highest BCUT2D eigenvalue weighted by atomic mass is 32.2. The first kappa shape index (κ1) is 20.2. The van der Waals surface area contributed by atoms with Crippen molar-refractivity contribution in [2.75, 3.05) is 19.8 Å². The van der Waals surface area contributed by atoms with Crippen molar-refractivity contribution in [2.45, 2.75) is 23.8 Å². The van der Waals surface area contributed by atoms with Crippen LogP contribution in [0.4, 0.5) is 8.78 Å². The van der Waals surface area contributed by atoms with Crippen molar-refractivity contribution in [2.24, 2.45) is 0 Å². The Morgan fingerprint density at radius 1 is 1.07 bits per heavy atom. The van der Waals surface area contributed by atoms with Crippen molar-refractivity contribution >= 4 is 16.0 Å². The Labute approximate surface area is 161 Å². The van der Waals surface area contributed by atoms with E-state index in [4.69, 9.17) is 9.47 Å². The molecule has 0 bridgehead atoms. The Balaban J connectivity index is 1.58. The topological polar surface area (TPSA) is 72.9 Å². The minimum Gasteiger partial charge on any atom is -0.490 e. The minimum absolute atomic E-state index is 0.0319. The molecule has 2 aromatic carbocycles. The Morgan fingerprint density at radius 3 is 2.50 bits per heavy atom. The van der Waals surface area contributed by atoms with E-state index >= 15 is 0 Å². The lowest BCUT2D eigenvalue weighted by Gasteiger charge is -2.23. The Kier molecular flexibility index (Phi) is 6.25. The summed E-state index contributed by atoms with van der Waals surface area (Å²) < 4.78 is 63.7. The number of hydrogen-bond donors (Lipinski definition) is 0. The highest BCUT2D eigenvalue weighted by Gasteiger charge is 2.41. The van der Waals surface area contributed by atoms with Gasteiger partial charge in [-0.3, -0.25) is 4.79 Å². The number of ether oxygens (including phenoxy) is 2. The van der Waals surface area contributed by atoms with Gasteiger partial charge in [0.05, 0.1) is 0 Å². The van der Waals surface area contributed by atoms with Crippen LogP contribution in [-0.2, 0) is 19.6 Å². The fourth-order valence-corrected chi connectivity index (χ4v) is 4.69. The normalized spacial score (nSPS) is 17.4. The molecule has 3 rings (SSSR count). The number of sulfonamides is 1. The maximum absolute atomic E-state index is 13.9. The molecule has 9 heteroatoms. The van der Waals surface area contributed by atoms with Crippen LogP contribution >= 0.6 is 0 Å². The van der Waals surface area contributed by atoms with Gasteiger partial charge in [0.1, 0.15) is 41.5 Å². The molecule has 0 radical (unpaired) electrons. The SMILES string of the molecule is O=C(OCCOc1ccc(F)cc1)[C@@H]1CCCN1S(=O)(=O)c1ccccc1F. The van der Waals surface area contributed by atoms with E-state index in [0.29, 0.717) is 18.6 Å². The van der Waals surface area contributed by atoms with Crippen LogP contribution in [-0.4, -0.2) is 44.5 Å². The van der Waals surface area contributed by atoms with Crippen LogP contribution in [0.1, 0.15) is 12.8 Å². The van der Waals surface area contributed by atoms with Gasteiger partial charge in [0.15, 0.2) is 0 Å². The lowest BCUT2D eigenvalue weighted by Crippen LogP contribution is -2.41. The van der Waals surface area contributed by atoms with Gasteiger partial charge < -0.3 is 9.47 Å². The second-order valence-corrected chi connectivity index (χ2v) is 8.03. The van der Waals surface area contributed by atoms with Crippen LogP contribution < -0.4 is 4.74 Å². The van der Waals surface area contributed by atoms with Crippen molar-refractivity contribution in [1.82, 2.24) is 4.31 Å². The van der Waals surface area contributed by atoms with E-state index in [-0.39, 0.29) is 19.8 Å². The number of nitrogens with zero attached hydrogens (tertiary/aromatic N) is 1. The van der Waals surface area contributed by atoms with E-state index in [1.807, 2.05) is 0 Å². The average Bonchev–Trinajstić information content (AvgIpc) is 3.17. The monoisotopic (exact) mass is 411 g/mol.